The third-order valence-electron chi connectivity index (χ3n) is 4.70. The van der Waals surface area contributed by atoms with Gasteiger partial charge in [-0.05, 0) is 18.6 Å². The van der Waals surface area contributed by atoms with Crippen LogP contribution in [0.3, 0.4) is 0 Å². The number of aliphatic hydroxyl groups is 1. The predicted molar refractivity (Wildman–Crippen MR) is 104 cm³/mol. The van der Waals surface area contributed by atoms with Gasteiger partial charge in [0.2, 0.25) is 0 Å². The number of rotatable bonds is 12. The van der Waals surface area contributed by atoms with Gasteiger partial charge in [-0.1, -0.05) is 70.4 Å². The Kier molecular flexibility index (Phi) is 8.06. The molecule has 3 N–H and O–H groups in total. The summed E-state index contributed by atoms with van der Waals surface area (Å²) >= 11 is 0. The number of nitrogens with one attached hydrogen (secondary N) is 1. The summed E-state index contributed by atoms with van der Waals surface area (Å²) in [6.45, 7) is 2.19. The number of aromatic nitrogens is 2. The fraction of sp³-hybridized carbons (Fsp3) is 0.632. The summed E-state index contributed by atoms with van der Waals surface area (Å²) < 4.78 is 33.2. The van der Waals surface area contributed by atoms with Crippen molar-refractivity contribution in [3.63, 3.8) is 0 Å². The minimum atomic E-state index is -4.47. The number of hydrogen-bond donors (Lipinski definition) is 3. The lowest BCUT2D eigenvalue weighted by atomic mass is 10.0. The lowest BCUT2D eigenvalue weighted by Crippen LogP contribution is -2.27. The zero-order valence-electron chi connectivity index (χ0n) is 15.4. The predicted octanol–water partition coefficient (Wildman–Crippen LogP) is 4.38. The van der Waals surface area contributed by atoms with Crippen LogP contribution in [-0.2, 0) is 10.1 Å². The van der Waals surface area contributed by atoms with Crippen molar-refractivity contribution in [2.75, 3.05) is 0 Å². The number of aromatic amines is 1. The molecule has 0 radical (unpaired) electrons. The molecule has 0 bridgehead atoms. The second kappa shape index (κ2) is 10.0. The molecule has 0 aliphatic heterocycles. The van der Waals surface area contributed by atoms with E-state index in [1.54, 1.807) is 18.2 Å². The van der Waals surface area contributed by atoms with Crippen LogP contribution in [-0.4, -0.2) is 34.1 Å². The minimum absolute atomic E-state index is 0.0840. The quantitative estimate of drug-likeness (QED) is 0.373. The Balaban J connectivity index is 1.91. The molecule has 0 fully saturated rings. The fourth-order valence-electron chi connectivity index (χ4n) is 3.27. The van der Waals surface area contributed by atoms with Gasteiger partial charge in [-0.15, -0.1) is 0 Å². The highest BCUT2D eigenvalue weighted by atomic mass is 32.2. The van der Waals surface area contributed by atoms with E-state index in [0.717, 1.165) is 19.3 Å². The fourth-order valence-corrected chi connectivity index (χ4v) is 4.19. The second-order valence-corrected chi connectivity index (χ2v) is 8.44. The molecule has 6 nitrogen and oxygen atoms in total. The van der Waals surface area contributed by atoms with E-state index in [2.05, 4.69) is 16.9 Å². The summed E-state index contributed by atoms with van der Waals surface area (Å²) in [6, 6.07) is 7.13. The Hall–Kier alpha value is -1.44. The topological polar surface area (TPSA) is 103 Å². The van der Waals surface area contributed by atoms with E-state index in [1.165, 1.54) is 32.1 Å². The van der Waals surface area contributed by atoms with Gasteiger partial charge in [-0.25, -0.2) is 4.98 Å². The molecule has 1 heterocycles. The first-order chi connectivity index (χ1) is 12.4. The number of hydrogen-bond acceptors (Lipinski definition) is 4. The zero-order valence-corrected chi connectivity index (χ0v) is 16.2. The molecule has 1 aromatic heterocycles. The molecule has 7 heteroatoms. The average Bonchev–Trinajstić information content (AvgIpc) is 2.99. The number of aliphatic hydroxyl groups excluding tert-OH is 1. The van der Waals surface area contributed by atoms with Crippen LogP contribution in [0.5, 0.6) is 0 Å². The highest BCUT2D eigenvalue weighted by Crippen LogP contribution is 2.28. The van der Waals surface area contributed by atoms with Gasteiger partial charge in [-0.2, -0.15) is 8.42 Å². The molecular weight excluding hydrogens is 352 g/mol. The SMILES string of the molecule is CCCCCCCCCCC(O)C(c1nc2ccccc2[nH]1)S(=O)(=O)O. The Morgan fingerprint density at radius 2 is 1.65 bits per heavy atom. The molecule has 1 aromatic carbocycles. The van der Waals surface area contributed by atoms with Crippen molar-refractivity contribution in [2.45, 2.75) is 76.1 Å². The molecule has 0 amide bonds. The Bertz CT molecular complexity index is 740. The van der Waals surface area contributed by atoms with Gasteiger partial charge in [0.1, 0.15) is 5.82 Å². The van der Waals surface area contributed by atoms with Gasteiger partial charge in [0, 0.05) is 0 Å². The van der Waals surface area contributed by atoms with Gasteiger partial charge >= 0.3 is 0 Å². The Morgan fingerprint density at radius 1 is 1.04 bits per heavy atom. The first kappa shape index (κ1) is 20.9. The van der Waals surface area contributed by atoms with Crippen molar-refractivity contribution in [3.05, 3.63) is 30.1 Å². The number of unbranched alkanes of at least 4 members (excludes halogenated alkanes) is 7. The Morgan fingerprint density at radius 3 is 2.27 bits per heavy atom. The maximum absolute atomic E-state index is 11.8. The first-order valence-corrected chi connectivity index (χ1v) is 11.0. The monoisotopic (exact) mass is 382 g/mol. The lowest BCUT2D eigenvalue weighted by Gasteiger charge is -2.18. The van der Waals surface area contributed by atoms with E-state index >= 15 is 0 Å². The van der Waals surface area contributed by atoms with E-state index in [4.69, 9.17) is 0 Å². The summed E-state index contributed by atoms with van der Waals surface area (Å²) in [6.07, 6.45) is 8.03. The molecule has 0 aliphatic carbocycles. The van der Waals surface area contributed by atoms with Gasteiger partial charge in [0.05, 0.1) is 17.1 Å². The van der Waals surface area contributed by atoms with Gasteiger partial charge in [-0.3, -0.25) is 4.55 Å². The van der Waals surface area contributed by atoms with Crippen LogP contribution in [0.15, 0.2) is 24.3 Å². The van der Waals surface area contributed by atoms with Crippen LogP contribution < -0.4 is 0 Å². The van der Waals surface area contributed by atoms with Gasteiger partial charge in [0.25, 0.3) is 10.1 Å². The van der Waals surface area contributed by atoms with E-state index in [1.807, 2.05) is 6.07 Å². The number of benzene rings is 1. The summed E-state index contributed by atoms with van der Waals surface area (Å²) in [5.41, 5.74) is 1.28. The van der Waals surface area contributed by atoms with Crippen LogP contribution in [0.25, 0.3) is 11.0 Å². The van der Waals surface area contributed by atoms with Crippen LogP contribution in [0.2, 0.25) is 0 Å². The minimum Gasteiger partial charge on any atom is -0.391 e. The molecule has 0 aliphatic rings. The molecule has 0 spiro atoms. The molecule has 0 saturated heterocycles. The Labute approximate surface area is 155 Å². The van der Waals surface area contributed by atoms with E-state index in [9.17, 15) is 18.1 Å². The number of fused-ring (bicyclic) bond motifs is 1. The van der Waals surface area contributed by atoms with E-state index < -0.39 is 21.5 Å². The maximum atomic E-state index is 11.8. The maximum Gasteiger partial charge on any atom is 0.277 e. The molecule has 2 rings (SSSR count). The summed E-state index contributed by atoms with van der Waals surface area (Å²) in [5, 5.41) is 8.95. The molecular formula is C19H30N2O4S. The lowest BCUT2D eigenvalue weighted by molar-refractivity contribution is 0.149. The van der Waals surface area contributed by atoms with Crippen LogP contribution in [0.1, 0.15) is 75.8 Å². The summed E-state index contributed by atoms with van der Waals surface area (Å²) in [5.74, 6) is 0.0840. The second-order valence-electron chi connectivity index (χ2n) is 6.91. The number of H-pyrrole nitrogens is 1. The summed E-state index contributed by atoms with van der Waals surface area (Å²) in [4.78, 5) is 7.14. The van der Waals surface area contributed by atoms with Crippen molar-refractivity contribution >= 4 is 21.2 Å². The molecule has 2 aromatic rings. The molecule has 2 atom stereocenters. The highest BCUT2D eigenvalue weighted by Gasteiger charge is 2.35. The molecule has 146 valence electrons. The smallest absolute Gasteiger partial charge is 0.277 e. The van der Waals surface area contributed by atoms with Gasteiger partial charge < -0.3 is 10.1 Å². The third-order valence-corrected chi connectivity index (χ3v) is 5.88. The number of imidazole rings is 1. The first-order valence-electron chi connectivity index (χ1n) is 9.52. The van der Waals surface area contributed by atoms with E-state index in [0.29, 0.717) is 17.5 Å². The summed E-state index contributed by atoms with van der Waals surface area (Å²) in [7, 11) is -4.47. The van der Waals surface area contributed by atoms with Crippen molar-refractivity contribution in [3.8, 4) is 0 Å². The standard InChI is InChI=1S/C19H30N2O4S/c1-2-3-4-5-6-7-8-9-14-17(22)18(26(23,24)25)19-20-15-12-10-11-13-16(15)21-19/h10-13,17-18,22H,2-9,14H2,1H3,(H,20,21)(H,23,24,25). The van der Waals surface area contributed by atoms with Gasteiger partial charge in [0.15, 0.2) is 5.25 Å². The van der Waals surface area contributed by atoms with Crippen molar-refractivity contribution < 1.29 is 18.1 Å². The number of nitrogens with zero attached hydrogens (tertiary/aromatic N) is 1. The highest BCUT2D eigenvalue weighted by molar-refractivity contribution is 7.86. The normalized spacial score (nSPS) is 14.6. The molecule has 26 heavy (non-hydrogen) atoms. The average molecular weight is 383 g/mol. The van der Waals surface area contributed by atoms with Crippen molar-refractivity contribution in [1.82, 2.24) is 9.97 Å². The van der Waals surface area contributed by atoms with Crippen molar-refractivity contribution in [1.29, 1.82) is 0 Å². The molecule has 2 unspecified atom stereocenters. The van der Waals surface area contributed by atoms with Crippen LogP contribution >= 0.6 is 0 Å². The largest absolute Gasteiger partial charge is 0.391 e. The van der Waals surface area contributed by atoms with Crippen molar-refractivity contribution in [2.24, 2.45) is 0 Å². The van der Waals surface area contributed by atoms with Crippen LogP contribution in [0.4, 0.5) is 0 Å². The molecule has 0 saturated carbocycles. The van der Waals surface area contributed by atoms with E-state index in [-0.39, 0.29) is 5.82 Å². The zero-order chi connectivity index (χ0) is 19.0. The third kappa shape index (κ3) is 6.07. The van der Waals surface area contributed by atoms with Crippen LogP contribution in [0, 0.1) is 0 Å². The number of para-hydroxylation sites is 2.